The van der Waals surface area contributed by atoms with Crippen LogP contribution in [0.15, 0.2) is 18.2 Å². The standard InChI is InChI=1S/C13H12ClNO2/c1-3-8-5-4-6-9-7(2)10(13(16)17)12(14)15-11(8)9/h4-6H,3H2,1-2H3,(H,16,17). The van der Waals surface area contributed by atoms with Crippen LogP contribution in [-0.4, -0.2) is 16.1 Å². The van der Waals surface area contributed by atoms with Crippen molar-refractivity contribution < 1.29 is 9.90 Å². The van der Waals surface area contributed by atoms with Gasteiger partial charge in [-0.2, -0.15) is 0 Å². The van der Waals surface area contributed by atoms with Crippen molar-refractivity contribution in [2.75, 3.05) is 0 Å². The van der Waals surface area contributed by atoms with Crippen molar-refractivity contribution >= 4 is 28.5 Å². The van der Waals surface area contributed by atoms with E-state index in [2.05, 4.69) is 4.98 Å². The molecule has 0 unspecified atom stereocenters. The van der Waals surface area contributed by atoms with Crippen molar-refractivity contribution in [1.82, 2.24) is 4.98 Å². The maximum Gasteiger partial charge on any atom is 0.339 e. The number of hydrogen-bond donors (Lipinski definition) is 1. The number of pyridine rings is 1. The molecule has 1 aromatic carbocycles. The Bertz CT molecular complexity index is 608. The zero-order chi connectivity index (χ0) is 12.6. The van der Waals surface area contributed by atoms with Crippen LogP contribution in [0.4, 0.5) is 0 Å². The molecule has 4 heteroatoms. The van der Waals surface area contributed by atoms with Crippen LogP contribution in [0, 0.1) is 6.92 Å². The molecule has 0 amide bonds. The molecular formula is C13H12ClNO2. The second-order valence-electron chi connectivity index (χ2n) is 3.87. The van der Waals surface area contributed by atoms with Crippen molar-refractivity contribution in [3.8, 4) is 0 Å². The zero-order valence-corrected chi connectivity index (χ0v) is 10.4. The molecule has 88 valence electrons. The molecule has 0 saturated heterocycles. The van der Waals surface area contributed by atoms with E-state index >= 15 is 0 Å². The maximum absolute atomic E-state index is 11.1. The van der Waals surface area contributed by atoms with Gasteiger partial charge >= 0.3 is 5.97 Å². The van der Waals surface area contributed by atoms with Crippen LogP contribution < -0.4 is 0 Å². The molecule has 0 spiro atoms. The van der Waals surface area contributed by atoms with Crippen molar-refractivity contribution in [2.45, 2.75) is 20.3 Å². The minimum absolute atomic E-state index is 0.0587. The average Bonchev–Trinajstić information content (AvgIpc) is 2.28. The molecule has 1 aromatic heterocycles. The summed E-state index contributed by atoms with van der Waals surface area (Å²) in [4.78, 5) is 15.3. The minimum atomic E-state index is -1.04. The second kappa shape index (κ2) is 4.34. The lowest BCUT2D eigenvalue weighted by atomic mass is 10.0. The fraction of sp³-hybridized carbons (Fsp3) is 0.231. The fourth-order valence-electron chi connectivity index (χ4n) is 2.00. The summed E-state index contributed by atoms with van der Waals surface area (Å²) in [6.07, 6.45) is 0.840. The molecule has 2 aromatic rings. The van der Waals surface area contributed by atoms with Crippen LogP contribution in [-0.2, 0) is 6.42 Å². The van der Waals surface area contributed by atoms with Crippen LogP contribution in [0.1, 0.15) is 28.4 Å². The van der Waals surface area contributed by atoms with E-state index in [0.29, 0.717) is 5.56 Å². The van der Waals surface area contributed by atoms with E-state index in [0.717, 1.165) is 22.9 Å². The highest BCUT2D eigenvalue weighted by molar-refractivity contribution is 6.33. The van der Waals surface area contributed by atoms with Crippen LogP contribution in [0.2, 0.25) is 5.15 Å². The third-order valence-corrected chi connectivity index (χ3v) is 3.18. The van der Waals surface area contributed by atoms with E-state index in [9.17, 15) is 4.79 Å². The first kappa shape index (κ1) is 11.9. The van der Waals surface area contributed by atoms with Gasteiger partial charge in [-0.1, -0.05) is 36.7 Å². The first-order chi connectivity index (χ1) is 8.06. The van der Waals surface area contributed by atoms with E-state index in [4.69, 9.17) is 16.7 Å². The summed E-state index contributed by atoms with van der Waals surface area (Å²) in [5, 5.41) is 10.0. The Balaban J connectivity index is 2.90. The summed E-state index contributed by atoms with van der Waals surface area (Å²) in [6, 6.07) is 5.76. The molecular weight excluding hydrogens is 238 g/mol. The first-order valence-corrected chi connectivity index (χ1v) is 5.75. The lowest BCUT2D eigenvalue weighted by Crippen LogP contribution is -2.04. The van der Waals surface area contributed by atoms with Crippen LogP contribution in [0.5, 0.6) is 0 Å². The number of aromatic carboxylic acids is 1. The molecule has 2 rings (SSSR count). The van der Waals surface area contributed by atoms with E-state index in [1.165, 1.54) is 0 Å². The molecule has 17 heavy (non-hydrogen) atoms. The number of para-hydroxylation sites is 1. The normalized spacial score (nSPS) is 10.8. The van der Waals surface area contributed by atoms with Crippen LogP contribution in [0.3, 0.4) is 0 Å². The van der Waals surface area contributed by atoms with Crippen molar-refractivity contribution in [3.63, 3.8) is 0 Å². The molecule has 0 atom stereocenters. The highest BCUT2D eigenvalue weighted by Gasteiger charge is 2.17. The summed E-state index contributed by atoms with van der Waals surface area (Å²) in [5.41, 5.74) is 2.63. The van der Waals surface area contributed by atoms with Gasteiger partial charge in [0.05, 0.1) is 5.52 Å². The Morgan fingerprint density at radius 2 is 2.18 bits per heavy atom. The lowest BCUT2D eigenvalue weighted by Gasteiger charge is -2.10. The number of rotatable bonds is 2. The Morgan fingerprint density at radius 3 is 2.76 bits per heavy atom. The van der Waals surface area contributed by atoms with Gasteiger partial charge in [-0.3, -0.25) is 0 Å². The molecule has 0 bridgehead atoms. The lowest BCUT2D eigenvalue weighted by molar-refractivity contribution is 0.0696. The van der Waals surface area contributed by atoms with Crippen LogP contribution >= 0.6 is 11.6 Å². The number of aryl methyl sites for hydroxylation is 2. The molecule has 0 aliphatic carbocycles. The SMILES string of the molecule is CCc1cccc2c(C)c(C(=O)O)c(Cl)nc12. The van der Waals surface area contributed by atoms with E-state index in [1.807, 2.05) is 25.1 Å². The Morgan fingerprint density at radius 1 is 1.47 bits per heavy atom. The number of aromatic nitrogens is 1. The topological polar surface area (TPSA) is 50.2 Å². The van der Waals surface area contributed by atoms with Gasteiger partial charge in [0.2, 0.25) is 0 Å². The van der Waals surface area contributed by atoms with Gasteiger partial charge in [0.25, 0.3) is 0 Å². The van der Waals surface area contributed by atoms with E-state index < -0.39 is 5.97 Å². The van der Waals surface area contributed by atoms with E-state index in [1.54, 1.807) is 6.92 Å². The molecule has 0 saturated carbocycles. The molecule has 0 radical (unpaired) electrons. The third-order valence-electron chi connectivity index (χ3n) is 2.91. The quantitative estimate of drug-likeness (QED) is 0.830. The summed E-state index contributed by atoms with van der Waals surface area (Å²) in [7, 11) is 0. The van der Waals surface area contributed by atoms with Gasteiger partial charge in [-0.25, -0.2) is 9.78 Å². The number of carboxylic acids is 1. The largest absolute Gasteiger partial charge is 0.478 e. The number of hydrogen-bond acceptors (Lipinski definition) is 2. The summed E-state index contributed by atoms with van der Waals surface area (Å²) in [6.45, 7) is 3.80. The molecule has 3 nitrogen and oxygen atoms in total. The molecule has 1 heterocycles. The summed E-state index contributed by atoms with van der Waals surface area (Å²) in [5.74, 6) is -1.04. The van der Waals surface area contributed by atoms with Gasteiger partial charge in [0.1, 0.15) is 10.7 Å². The van der Waals surface area contributed by atoms with E-state index in [-0.39, 0.29) is 10.7 Å². The first-order valence-electron chi connectivity index (χ1n) is 5.37. The number of fused-ring (bicyclic) bond motifs is 1. The molecule has 0 aliphatic heterocycles. The molecule has 1 N–H and O–H groups in total. The van der Waals surface area contributed by atoms with Crippen molar-refractivity contribution in [2.24, 2.45) is 0 Å². The predicted molar refractivity (Wildman–Crippen MR) is 67.8 cm³/mol. The highest BCUT2D eigenvalue weighted by Crippen LogP contribution is 2.28. The smallest absolute Gasteiger partial charge is 0.339 e. The number of carboxylic acid groups (broad SMARTS) is 1. The maximum atomic E-state index is 11.1. The van der Waals surface area contributed by atoms with Crippen molar-refractivity contribution in [1.29, 1.82) is 0 Å². The Hall–Kier alpha value is -1.61. The highest BCUT2D eigenvalue weighted by atomic mass is 35.5. The van der Waals surface area contributed by atoms with Gasteiger partial charge in [0.15, 0.2) is 0 Å². The number of carbonyl (C=O) groups is 1. The second-order valence-corrected chi connectivity index (χ2v) is 4.23. The zero-order valence-electron chi connectivity index (χ0n) is 9.62. The monoisotopic (exact) mass is 249 g/mol. The Labute approximate surface area is 104 Å². The van der Waals surface area contributed by atoms with Crippen molar-refractivity contribution in [3.05, 3.63) is 40.0 Å². The van der Waals surface area contributed by atoms with Gasteiger partial charge in [-0.15, -0.1) is 0 Å². The number of benzene rings is 1. The third kappa shape index (κ3) is 1.87. The molecule has 0 aliphatic rings. The molecule has 0 fully saturated rings. The minimum Gasteiger partial charge on any atom is -0.478 e. The fourth-order valence-corrected chi connectivity index (χ4v) is 2.31. The van der Waals surface area contributed by atoms with Crippen LogP contribution in [0.25, 0.3) is 10.9 Å². The predicted octanol–water partition coefficient (Wildman–Crippen LogP) is 3.46. The number of halogens is 1. The van der Waals surface area contributed by atoms with Gasteiger partial charge < -0.3 is 5.11 Å². The van der Waals surface area contributed by atoms with Gasteiger partial charge in [-0.05, 0) is 24.5 Å². The average molecular weight is 250 g/mol. The summed E-state index contributed by atoms with van der Waals surface area (Å²) < 4.78 is 0. The number of nitrogens with zero attached hydrogens (tertiary/aromatic N) is 1. The Kier molecular flexibility index (Phi) is 3.03. The summed E-state index contributed by atoms with van der Waals surface area (Å²) >= 11 is 5.94. The van der Waals surface area contributed by atoms with Gasteiger partial charge in [0, 0.05) is 5.39 Å².